The molecule has 2 aromatic heterocycles. The Hall–Kier alpha value is -2.87. The topological polar surface area (TPSA) is 90.7 Å². The maximum Gasteiger partial charge on any atom is 0.340 e. The number of nitrogens with zero attached hydrogens (tertiary/aromatic N) is 1. The summed E-state index contributed by atoms with van der Waals surface area (Å²) >= 11 is 1.33. The van der Waals surface area contributed by atoms with Crippen molar-refractivity contribution in [2.75, 3.05) is 19.5 Å². The van der Waals surface area contributed by atoms with Crippen LogP contribution in [0.3, 0.4) is 0 Å². The number of carbonyl (C=O) groups is 1. The summed E-state index contributed by atoms with van der Waals surface area (Å²) in [6.07, 6.45) is -0.113. The highest BCUT2D eigenvalue weighted by atomic mass is 32.1. The minimum atomic E-state index is -0.559. The monoisotopic (exact) mass is 374 g/mol. The van der Waals surface area contributed by atoms with Crippen molar-refractivity contribution in [1.82, 2.24) is 4.98 Å². The lowest BCUT2D eigenvalue weighted by atomic mass is 10.0. The third-order valence-corrected chi connectivity index (χ3v) is 4.85. The Labute approximate surface area is 153 Å². The molecule has 0 aliphatic carbocycles. The first-order valence-electron chi connectivity index (χ1n) is 7.83. The van der Waals surface area contributed by atoms with Gasteiger partial charge in [0, 0.05) is 17.5 Å². The summed E-state index contributed by atoms with van der Waals surface area (Å²) in [6, 6.07) is 3.33. The van der Waals surface area contributed by atoms with Crippen LogP contribution in [0, 0.1) is 13.8 Å². The number of fused-ring (bicyclic) bond motifs is 1. The molecule has 1 N–H and O–H groups in total. The van der Waals surface area contributed by atoms with Crippen molar-refractivity contribution in [1.29, 1.82) is 0 Å². The summed E-state index contributed by atoms with van der Waals surface area (Å²) in [5.41, 5.74) is 1.54. The zero-order valence-electron chi connectivity index (χ0n) is 14.8. The van der Waals surface area contributed by atoms with Crippen molar-refractivity contribution < 1.29 is 18.7 Å². The maximum absolute atomic E-state index is 12.4. The Balaban J connectivity index is 2.00. The fraction of sp³-hybridized carbons (Fsp3) is 0.278. The number of aryl methyl sites for hydroxylation is 2. The van der Waals surface area contributed by atoms with E-state index in [1.807, 2.05) is 12.3 Å². The lowest BCUT2D eigenvalue weighted by Crippen LogP contribution is -2.20. The van der Waals surface area contributed by atoms with E-state index < -0.39 is 5.63 Å². The van der Waals surface area contributed by atoms with Crippen molar-refractivity contribution in [3.8, 4) is 11.5 Å². The summed E-state index contributed by atoms with van der Waals surface area (Å²) in [7, 11) is 3.04. The molecule has 3 aromatic rings. The molecule has 8 heteroatoms. The predicted octanol–water partition coefficient (Wildman–Crippen LogP) is 3.06. The number of anilines is 1. The van der Waals surface area contributed by atoms with E-state index in [2.05, 4.69) is 10.3 Å². The van der Waals surface area contributed by atoms with Crippen LogP contribution in [-0.2, 0) is 11.2 Å². The van der Waals surface area contributed by atoms with Gasteiger partial charge in [-0.1, -0.05) is 0 Å². The minimum Gasteiger partial charge on any atom is -0.496 e. The van der Waals surface area contributed by atoms with Crippen molar-refractivity contribution in [3.05, 3.63) is 44.8 Å². The Morgan fingerprint density at radius 1 is 1.27 bits per heavy atom. The molecule has 0 aliphatic rings. The molecule has 0 radical (unpaired) electrons. The summed E-state index contributed by atoms with van der Waals surface area (Å²) in [5.74, 6) is 0.695. The van der Waals surface area contributed by atoms with Gasteiger partial charge in [0.2, 0.25) is 5.91 Å². The largest absolute Gasteiger partial charge is 0.496 e. The van der Waals surface area contributed by atoms with Crippen LogP contribution >= 0.6 is 11.3 Å². The Bertz CT molecular complexity index is 1040. The lowest BCUT2D eigenvalue weighted by Gasteiger charge is -2.12. The van der Waals surface area contributed by atoms with Gasteiger partial charge in [0.15, 0.2) is 5.13 Å². The van der Waals surface area contributed by atoms with E-state index >= 15 is 0 Å². The first kappa shape index (κ1) is 17.9. The van der Waals surface area contributed by atoms with Gasteiger partial charge >= 0.3 is 5.63 Å². The summed E-state index contributed by atoms with van der Waals surface area (Å²) in [5, 5.41) is 5.67. The molecular formula is C18H18N2O5S. The molecule has 26 heavy (non-hydrogen) atoms. The standard InChI is InChI=1S/C18H18N2O5S/c1-9-8-26-18(19-9)20-15(21)7-12-10(2)16-13(24-4)5-11(23-3)6-14(16)25-17(12)22/h5-6,8H,7H2,1-4H3,(H,19,20,21). The molecule has 0 saturated carbocycles. The molecule has 0 unspecified atom stereocenters. The molecule has 2 heterocycles. The molecule has 0 aliphatic heterocycles. The highest BCUT2D eigenvalue weighted by Crippen LogP contribution is 2.33. The van der Waals surface area contributed by atoms with E-state index in [0.717, 1.165) is 5.69 Å². The van der Waals surface area contributed by atoms with Crippen molar-refractivity contribution in [2.45, 2.75) is 20.3 Å². The van der Waals surface area contributed by atoms with Crippen LogP contribution in [0.15, 0.2) is 26.7 Å². The van der Waals surface area contributed by atoms with Gasteiger partial charge in [-0.05, 0) is 19.4 Å². The number of rotatable bonds is 5. The smallest absolute Gasteiger partial charge is 0.340 e. The second-order valence-corrected chi connectivity index (χ2v) is 6.57. The molecular weight excluding hydrogens is 356 g/mol. The Morgan fingerprint density at radius 2 is 2.04 bits per heavy atom. The molecule has 136 valence electrons. The minimum absolute atomic E-state index is 0.113. The first-order chi connectivity index (χ1) is 12.4. The summed E-state index contributed by atoms with van der Waals surface area (Å²) in [6.45, 7) is 3.61. The van der Waals surface area contributed by atoms with Crippen LogP contribution in [0.2, 0.25) is 0 Å². The molecule has 0 fully saturated rings. The molecule has 0 spiro atoms. The fourth-order valence-electron chi connectivity index (χ4n) is 2.70. The average molecular weight is 374 g/mol. The third-order valence-electron chi connectivity index (χ3n) is 3.97. The number of nitrogens with one attached hydrogen (secondary N) is 1. The summed E-state index contributed by atoms with van der Waals surface area (Å²) in [4.78, 5) is 28.9. The van der Waals surface area contributed by atoms with Gasteiger partial charge < -0.3 is 19.2 Å². The van der Waals surface area contributed by atoms with E-state index in [9.17, 15) is 9.59 Å². The number of carbonyl (C=O) groups excluding carboxylic acids is 1. The Kier molecular flexibility index (Phi) is 4.94. The number of thiazole rings is 1. The van der Waals surface area contributed by atoms with Gasteiger partial charge in [-0.15, -0.1) is 11.3 Å². The van der Waals surface area contributed by atoms with Gasteiger partial charge in [-0.3, -0.25) is 4.79 Å². The number of amides is 1. The number of ether oxygens (including phenoxy) is 2. The van der Waals surface area contributed by atoms with E-state index in [0.29, 0.717) is 33.2 Å². The number of methoxy groups -OCH3 is 2. The average Bonchev–Trinajstić information content (AvgIpc) is 3.01. The third kappa shape index (κ3) is 3.41. The molecule has 1 aromatic carbocycles. The SMILES string of the molecule is COc1cc(OC)c2c(C)c(CC(=O)Nc3nc(C)cs3)c(=O)oc2c1. The first-order valence-corrected chi connectivity index (χ1v) is 8.71. The van der Waals surface area contributed by atoms with E-state index in [-0.39, 0.29) is 17.9 Å². The molecule has 0 atom stereocenters. The number of benzene rings is 1. The van der Waals surface area contributed by atoms with Crippen molar-refractivity contribution in [3.63, 3.8) is 0 Å². The summed E-state index contributed by atoms with van der Waals surface area (Å²) < 4.78 is 16.0. The second-order valence-electron chi connectivity index (χ2n) is 5.71. The van der Waals surface area contributed by atoms with Crippen LogP contribution < -0.4 is 20.4 Å². The maximum atomic E-state index is 12.4. The van der Waals surface area contributed by atoms with Crippen molar-refractivity contribution >= 4 is 33.3 Å². The molecule has 3 rings (SSSR count). The van der Waals surface area contributed by atoms with Crippen LogP contribution in [0.5, 0.6) is 11.5 Å². The highest BCUT2D eigenvalue weighted by molar-refractivity contribution is 7.13. The zero-order valence-corrected chi connectivity index (χ0v) is 15.7. The van der Waals surface area contributed by atoms with Crippen LogP contribution in [-0.4, -0.2) is 25.1 Å². The van der Waals surface area contributed by atoms with Gasteiger partial charge in [0.25, 0.3) is 0 Å². The quantitative estimate of drug-likeness (QED) is 0.690. The van der Waals surface area contributed by atoms with E-state index in [4.69, 9.17) is 13.9 Å². The van der Waals surface area contributed by atoms with Gasteiger partial charge in [-0.25, -0.2) is 9.78 Å². The molecule has 0 bridgehead atoms. The number of aromatic nitrogens is 1. The number of hydrogen-bond acceptors (Lipinski definition) is 7. The van der Waals surface area contributed by atoms with Gasteiger partial charge in [-0.2, -0.15) is 0 Å². The van der Waals surface area contributed by atoms with Crippen LogP contribution in [0.1, 0.15) is 16.8 Å². The predicted molar refractivity (Wildman–Crippen MR) is 99.5 cm³/mol. The fourth-order valence-corrected chi connectivity index (χ4v) is 3.40. The Morgan fingerprint density at radius 3 is 2.65 bits per heavy atom. The normalized spacial score (nSPS) is 10.8. The van der Waals surface area contributed by atoms with Crippen LogP contribution in [0.4, 0.5) is 5.13 Å². The zero-order chi connectivity index (χ0) is 18.8. The van der Waals surface area contributed by atoms with Crippen LogP contribution in [0.25, 0.3) is 11.0 Å². The molecule has 1 amide bonds. The van der Waals surface area contributed by atoms with E-state index in [1.165, 1.54) is 25.6 Å². The van der Waals surface area contributed by atoms with Gasteiger partial charge in [0.05, 0.1) is 37.3 Å². The lowest BCUT2D eigenvalue weighted by molar-refractivity contribution is -0.115. The van der Waals surface area contributed by atoms with E-state index in [1.54, 1.807) is 19.1 Å². The van der Waals surface area contributed by atoms with Gasteiger partial charge in [0.1, 0.15) is 17.1 Å². The van der Waals surface area contributed by atoms with Crippen molar-refractivity contribution in [2.24, 2.45) is 0 Å². The second kappa shape index (κ2) is 7.17. The number of hydrogen-bond donors (Lipinski definition) is 1. The highest BCUT2D eigenvalue weighted by Gasteiger charge is 2.19. The molecule has 7 nitrogen and oxygen atoms in total. The molecule has 0 saturated heterocycles.